The molecular formula is C19H14ClF3N8O2. The molecule has 0 radical (unpaired) electrons. The molecule has 0 aliphatic rings. The molecule has 4 aromatic rings. The highest BCUT2D eigenvalue weighted by molar-refractivity contribution is 6.31. The number of ether oxygens (including phenoxy) is 1. The summed E-state index contributed by atoms with van der Waals surface area (Å²) in [6.07, 6.45) is -1.18. The van der Waals surface area contributed by atoms with Crippen LogP contribution in [0, 0.1) is 0 Å². The van der Waals surface area contributed by atoms with Gasteiger partial charge in [0.05, 0.1) is 24.2 Å². The van der Waals surface area contributed by atoms with Crippen LogP contribution in [-0.4, -0.2) is 47.8 Å². The topological polar surface area (TPSA) is 121 Å². The average molecular weight is 479 g/mol. The van der Waals surface area contributed by atoms with E-state index in [0.29, 0.717) is 5.82 Å². The third-order valence-corrected chi connectivity index (χ3v) is 4.81. The van der Waals surface area contributed by atoms with Gasteiger partial charge >= 0.3 is 12.1 Å². The van der Waals surface area contributed by atoms with Crippen molar-refractivity contribution < 1.29 is 22.7 Å². The number of alkyl halides is 3. The Kier molecular flexibility index (Phi) is 5.80. The van der Waals surface area contributed by atoms with Crippen molar-refractivity contribution in [2.24, 2.45) is 0 Å². The normalized spacial score (nSPS) is 12.5. The molecule has 1 aromatic carbocycles. The fraction of sp³-hybridized carbons (Fsp3) is 0.211. The standard InChI is InChI=1S/C19H14ClF3N8O2/c1-9(17-28-8-29-31(17)14-5-13(18(32)33-2)24-6-25-14)30-16-11-3-10(20)4-12(19(21,22)23)15(11)26-7-27-16/h3-9H,1-2H3,(H,26,27,30). The zero-order chi connectivity index (χ0) is 23.8. The Morgan fingerprint density at radius 2 is 1.85 bits per heavy atom. The molecule has 0 aliphatic carbocycles. The van der Waals surface area contributed by atoms with E-state index in [1.165, 1.54) is 36.6 Å². The summed E-state index contributed by atoms with van der Waals surface area (Å²) in [4.78, 5) is 31.8. The van der Waals surface area contributed by atoms with E-state index in [1.807, 2.05) is 0 Å². The summed E-state index contributed by atoms with van der Waals surface area (Å²) < 4.78 is 46.4. The second kappa shape index (κ2) is 8.58. The van der Waals surface area contributed by atoms with E-state index in [2.05, 4.69) is 40.1 Å². The Morgan fingerprint density at radius 1 is 1.09 bits per heavy atom. The molecule has 0 saturated heterocycles. The number of carbonyl (C=O) groups excluding carboxylic acids is 1. The van der Waals surface area contributed by atoms with Crippen molar-refractivity contribution in [3.63, 3.8) is 0 Å². The number of nitrogens with one attached hydrogen (secondary N) is 1. The minimum atomic E-state index is -4.65. The lowest BCUT2D eigenvalue weighted by Crippen LogP contribution is -2.16. The van der Waals surface area contributed by atoms with Crippen LogP contribution in [0.4, 0.5) is 19.0 Å². The Morgan fingerprint density at radius 3 is 2.58 bits per heavy atom. The molecule has 0 saturated carbocycles. The average Bonchev–Trinajstić information content (AvgIpc) is 3.28. The Labute approximate surface area is 188 Å². The number of hydrogen-bond donors (Lipinski definition) is 1. The van der Waals surface area contributed by atoms with Crippen LogP contribution in [0.5, 0.6) is 0 Å². The van der Waals surface area contributed by atoms with Crippen LogP contribution >= 0.6 is 11.6 Å². The van der Waals surface area contributed by atoms with Gasteiger partial charge in [-0.2, -0.15) is 23.0 Å². The van der Waals surface area contributed by atoms with Gasteiger partial charge in [-0.05, 0) is 19.1 Å². The van der Waals surface area contributed by atoms with Gasteiger partial charge in [0.2, 0.25) is 0 Å². The van der Waals surface area contributed by atoms with Gasteiger partial charge in [0, 0.05) is 16.5 Å². The third-order valence-electron chi connectivity index (χ3n) is 4.59. The fourth-order valence-electron chi connectivity index (χ4n) is 3.13. The highest BCUT2D eigenvalue weighted by Crippen LogP contribution is 2.38. The van der Waals surface area contributed by atoms with E-state index < -0.39 is 23.8 Å². The molecule has 4 rings (SSSR count). The second-order valence-electron chi connectivity index (χ2n) is 6.72. The lowest BCUT2D eigenvalue weighted by atomic mass is 10.1. The van der Waals surface area contributed by atoms with Crippen LogP contribution in [0.25, 0.3) is 16.7 Å². The first-order valence-corrected chi connectivity index (χ1v) is 9.65. The van der Waals surface area contributed by atoms with Crippen LogP contribution in [0.3, 0.4) is 0 Å². The molecule has 0 aliphatic heterocycles. The molecule has 14 heteroatoms. The first-order valence-electron chi connectivity index (χ1n) is 9.27. The lowest BCUT2D eigenvalue weighted by molar-refractivity contribution is -0.136. The number of carbonyl (C=O) groups is 1. The van der Waals surface area contributed by atoms with Crippen molar-refractivity contribution in [1.29, 1.82) is 0 Å². The number of methoxy groups -OCH3 is 1. The monoisotopic (exact) mass is 478 g/mol. The van der Waals surface area contributed by atoms with Gasteiger partial charge in [-0.3, -0.25) is 0 Å². The van der Waals surface area contributed by atoms with Crippen LogP contribution < -0.4 is 5.32 Å². The maximum Gasteiger partial charge on any atom is 0.418 e. The van der Waals surface area contributed by atoms with E-state index in [9.17, 15) is 18.0 Å². The smallest absolute Gasteiger partial charge is 0.418 e. The molecule has 0 bridgehead atoms. The number of hydrogen-bond acceptors (Lipinski definition) is 9. The van der Waals surface area contributed by atoms with Crippen molar-refractivity contribution in [3.05, 3.63) is 59.3 Å². The number of rotatable bonds is 5. The molecule has 3 aromatic heterocycles. The number of fused-ring (bicyclic) bond motifs is 1. The van der Waals surface area contributed by atoms with Gasteiger partial charge in [-0.15, -0.1) is 0 Å². The number of benzene rings is 1. The molecule has 33 heavy (non-hydrogen) atoms. The maximum atomic E-state index is 13.5. The summed E-state index contributed by atoms with van der Waals surface area (Å²) in [6, 6.07) is 2.93. The van der Waals surface area contributed by atoms with E-state index in [4.69, 9.17) is 11.6 Å². The predicted molar refractivity (Wildman–Crippen MR) is 110 cm³/mol. The highest BCUT2D eigenvalue weighted by atomic mass is 35.5. The van der Waals surface area contributed by atoms with Crippen molar-refractivity contribution in [2.75, 3.05) is 12.4 Å². The minimum absolute atomic E-state index is 0.0145. The Hall–Kier alpha value is -3.87. The van der Waals surface area contributed by atoms with Gasteiger partial charge in [-0.25, -0.2) is 29.7 Å². The molecule has 1 N–H and O–H groups in total. The third kappa shape index (κ3) is 4.39. The molecule has 170 valence electrons. The number of halogens is 4. The van der Waals surface area contributed by atoms with Gasteiger partial charge in [-0.1, -0.05) is 11.6 Å². The van der Waals surface area contributed by atoms with Crippen LogP contribution in [0.2, 0.25) is 5.02 Å². The number of nitrogens with zero attached hydrogens (tertiary/aromatic N) is 7. The van der Waals surface area contributed by atoms with Crippen molar-refractivity contribution in [3.8, 4) is 5.82 Å². The van der Waals surface area contributed by atoms with Crippen molar-refractivity contribution in [2.45, 2.75) is 19.1 Å². The van der Waals surface area contributed by atoms with E-state index >= 15 is 0 Å². The first kappa shape index (κ1) is 22.3. The zero-order valence-electron chi connectivity index (χ0n) is 17.0. The molecule has 0 fully saturated rings. The summed E-state index contributed by atoms with van der Waals surface area (Å²) >= 11 is 5.93. The van der Waals surface area contributed by atoms with Crippen LogP contribution in [-0.2, 0) is 10.9 Å². The van der Waals surface area contributed by atoms with Crippen molar-refractivity contribution in [1.82, 2.24) is 34.7 Å². The van der Waals surface area contributed by atoms with E-state index in [-0.39, 0.29) is 33.3 Å². The molecule has 0 amide bonds. The lowest BCUT2D eigenvalue weighted by Gasteiger charge is -2.17. The molecule has 3 heterocycles. The maximum absolute atomic E-state index is 13.5. The summed E-state index contributed by atoms with van der Waals surface area (Å²) in [7, 11) is 1.22. The van der Waals surface area contributed by atoms with E-state index in [0.717, 1.165) is 12.4 Å². The molecule has 10 nitrogen and oxygen atoms in total. The molecule has 1 unspecified atom stereocenters. The van der Waals surface area contributed by atoms with Gasteiger partial charge in [0.25, 0.3) is 0 Å². The number of esters is 1. The Balaban J connectivity index is 1.72. The number of anilines is 1. The second-order valence-corrected chi connectivity index (χ2v) is 7.16. The van der Waals surface area contributed by atoms with E-state index in [1.54, 1.807) is 6.92 Å². The zero-order valence-corrected chi connectivity index (χ0v) is 17.8. The van der Waals surface area contributed by atoms with Crippen LogP contribution in [0.15, 0.2) is 37.2 Å². The van der Waals surface area contributed by atoms with Crippen molar-refractivity contribution >= 4 is 34.3 Å². The fourth-order valence-corrected chi connectivity index (χ4v) is 3.35. The summed E-state index contributed by atoms with van der Waals surface area (Å²) in [5.74, 6) is 0.0418. The largest absolute Gasteiger partial charge is 0.464 e. The first-order chi connectivity index (χ1) is 15.7. The summed E-state index contributed by atoms with van der Waals surface area (Å²) in [6.45, 7) is 1.70. The van der Waals surface area contributed by atoms with Crippen LogP contribution in [0.1, 0.15) is 34.8 Å². The molecule has 0 spiro atoms. The number of aromatic nitrogens is 7. The van der Waals surface area contributed by atoms with Gasteiger partial charge in [0.15, 0.2) is 17.3 Å². The Bertz CT molecular complexity index is 1340. The van der Waals surface area contributed by atoms with Gasteiger partial charge < -0.3 is 10.1 Å². The highest BCUT2D eigenvalue weighted by Gasteiger charge is 2.34. The quantitative estimate of drug-likeness (QED) is 0.428. The minimum Gasteiger partial charge on any atom is -0.464 e. The predicted octanol–water partition coefficient (Wildman–Crippen LogP) is 3.63. The summed E-state index contributed by atoms with van der Waals surface area (Å²) in [5, 5.41) is 7.11. The molecule has 1 atom stereocenters. The summed E-state index contributed by atoms with van der Waals surface area (Å²) in [5.41, 5.74) is -1.25. The molecular weight excluding hydrogens is 465 g/mol. The van der Waals surface area contributed by atoms with Gasteiger partial charge in [0.1, 0.15) is 24.8 Å². The SMILES string of the molecule is COC(=O)c1cc(-n2ncnc2C(C)Nc2ncnc3c(C(F)(F)F)cc(Cl)cc23)ncn1.